The highest BCUT2D eigenvalue weighted by atomic mass is 35.5. The first-order chi connectivity index (χ1) is 6.74. The number of aromatic nitrogens is 2. The lowest BCUT2D eigenvalue weighted by Crippen LogP contribution is -2.26. The normalized spacial score (nSPS) is 10.3. The van der Waals surface area contributed by atoms with E-state index in [2.05, 4.69) is 4.98 Å². The first-order valence-electron chi connectivity index (χ1n) is 4.38. The predicted molar refractivity (Wildman–Crippen MR) is 64.9 cm³/mol. The molecule has 0 atom stereocenters. The zero-order chi connectivity index (χ0) is 10.1. The van der Waals surface area contributed by atoms with Gasteiger partial charge in [-0.2, -0.15) is 0 Å². The van der Waals surface area contributed by atoms with E-state index in [9.17, 15) is 4.79 Å². The largest absolute Gasteiger partial charge is 0.329 e. The fourth-order valence-corrected chi connectivity index (χ4v) is 2.24. The minimum absolute atomic E-state index is 0. The summed E-state index contributed by atoms with van der Waals surface area (Å²) in [6.07, 6.45) is 0. The zero-order valence-electron chi connectivity index (χ0n) is 8.27. The van der Waals surface area contributed by atoms with Gasteiger partial charge in [0.15, 0.2) is 0 Å². The highest BCUT2D eigenvalue weighted by molar-refractivity contribution is 7.16. The maximum Gasteiger partial charge on any atom is 0.262 e. The van der Waals surface area contributed by atoms with Crippen LogP contribution < -0.4 is 11.3 Å². The molecular formula is C9H12ClN3OS. The Morgan fingerprint density at radius 3 is 3.00 bits per heavy atom. The SMILES string of the molecule is Cc1nc2sccc2c(=O)n1CCN.Cl. The second kappa shape index (κ2) is 4.74. The van der Waals surface area contributed by atoms with Crippen LogP contribution in [0.25, 0.3) is 10.2 Å². The number of thiophene rings is 1. The lowest BCUT2D eigenvalue weighted by molar-refractivity contribution is 0.649. The second-order valence-corrected chi connectivity index (χ2v) is 3.94. The molecule has 2 rings (SSSR count). The van der Waals surface area contributed by atoms with Crippen molar-refractivity contribution in [3.8, 4) is 0 Å². The fraction of sp³-hybridized carbons (Fsp3) is 0.333. The summed E-state index contributed by atoms with van der Waals surface area (Å²) in [4.78, 5) is 17.0. The van der Waals surface area contributed by atoms with E-state index in [-0.39, 0.29) is 18.0 Å². The van der Waals surface area contributed by atoms with Crippen molar-refractivity contribution in [2.24, 2.45) is 5.73 Å². The highest BCUT2D eigenvalue weighted by Gasteiger charge is 2.07. The molecule has 0 amide bonds. The van der Waals surface area contributed by atoms with Crippen molar-refractivity contribution in [3.63, 3.8) is 0 Å². The third kappa shape index (κ3) is 2.04. The topological polar surface area (TPSA) is 60.9 Å². The Balaban J connectivity index is 0.00000112. The average Bonchev–Trinajstić information content (AvgIpc) is 2.60. The molecule has 0 bridgehead atoms. The van der Waals surface area contributed by atoms with Gasteiger partial charge in [0.25, 0.3) is 5.56 Å². The van der Waals surface area contributed by atoms with Crippen LogP contribution in [0.5, 0.6) is 0 Å². The van der Waals surface area contributed by atoms with Crippen molar-refractivity contribution >= 4 is 34.0 Å². The molecule has 0 aromatic carbocycles. The van der Waals surface area contributed by atoms with Gasteiger partial charge in [-0.15, -0.1) is 23.7 Å². The summed E-state index contributed by atoms with van der Waals surface area (Å²) in [5.74, 6) is 0.732. The molecule has 0 unspecified atom stereocenters. The van der Waals surface area contributed by atoms with Gasteiger partial charge in [-0.25, -0.2) is 4.98 Å². The van der Waals surface area contributed by atoms with E-state index in [1.807, 2.05) is 18.4 Å². The van der Waals surface area contributed by atoms with Crippen LogP contribution in [0.2, 0.25) is 0 Å². The van der Waals surface area contributed by atoms with Crippen molar-refractivity contribution in [2.75, 3.05) is 6.54 Å². The molecule has 15 heavy (non-hydrogen) atoms. The van der Waals surface area contributed by atoms with E-state index in [1.54, 1.807) is 4.57 Å². The van der Waals surface area contributed by atoms with Crippen molar-refractivity contribution in [3.05, 3.63) is 27.6 Å². The molecule has 2 N–H and O–H groups in total. The second-order valence-electron chi connectivity index (χ2n) is 3.04. The summed E-state index contributed by atoms with van der Waals surface area (Å²) in [5.41, 5.74) is 5.45. The lowest BCUT2D eigenvalue weighted by Gasteiger charge is -2.06. The molecule has 0 radical (unpaired) electrons. The Morgan fingerprint density at radius 2 is 2.33 bits per heavy atom. The van der Waals surface area contributed by atoms with E-state index < -0.39 is 0 Å². The van der Waals surface area contributed by atoms with Gasteiger partial charge < -0.3 is 5.73 Å². The van der Waals surface area contributed by atoms with E-state index in [1.165, 1.54) is 11.3 Å². The molecule has 0 aliphatic carbocycles. The van der Waals surface area contributed by atoms with Gasteiger partial charge in [0, 0.05) is 13.1 Å². The number of nitrogens with zero attached hydrogens (tertiary/aromatic N) is 2. The number of rotatable bonds is 2. The van der Waals surface area contributed by atoms with Gasteiger partial charge in [-0.05, 0) is 18.4 Å². The van der Waals surface area contributed by atoms with E-state index in [0.717, 1.165) is 10.7 Å². The van der Waals surface area contributed by atoms with Gasteiger partial charge in [-0.1, -0.05) is 0 Å². The zero-order valence-corrected chi connectivity index (χ0v) is 9.90. The smallest absolute Gasteiger partial charge is 0.262 e. The maximum absolute atomic E-state index is 11.9. The molecule has 0 saturated carbocycles. The number of hydrogen-bond acceptors (Lipinski definition) is 4. The van der Waals surface area contributed by atoms with Crippen molar-refractivity contribution in [1.29, 1.82) is 0 Å². The van der Waals surface area contributed by atoms with Crippen LogP contribution in [0.3, 0.4) is 0 Å². The summed E-state index contributed by atoms with van der Waals surface area (Å²) < 4.78 is 1.62. The Bertz CT molecular complexity index is 520. The Morgan fingerprint density at radius 1 is 1.60 bits per heavy atom. The molecule has 0 fully saturated rings. The van der Waals surface area contributed by atoms with Crippen LogP contribution in [0.15, 0.2) is 16.2 Å². The minimum Gasteiger partial charge on any atom is -0.329 e. The molecule has 2 aromatic rings. The van der Waals surface area contributed by atoms with E-state index in [0.29, 0.717) is 18.5 Å². The molecule has 2 aromatic heterocycles. The molecule has 0 saturated heterocycles. The molecular weight excluding hydrogens is 234 g/mol. The molecule has 0 aliphatic rings. The maximum atomic E-state index is 11.9. The first-order valence-corrected chi connectivity index (χ1v) is 5.26. The predicted octanol–water partition coefficient (Wildman–Crippen LogP) is 1.15. The van der Waals surface area contributed by atoms with Crippen LogP contribution in [-0.4, -0.2) is 16.1 Å². The summed E-state index contributed by atoms with van der Waals surface area (Å²) >= 11 is 1.49. The average molecular weight is 246 g/mol. The standard InChI is InChI=1S/C9H11N3OS.ClH/c1-6-11-8-7(2-5-14-8)9(13)12(6)4-3-10;/h2,5H,3-4,10H2,1H3;1H. The minimum atomic E-state index is 0. The summed E-state index contributed by atoms with van der Waals surface area (Å²) in [6, 6.07) is 1.81. The molecule has 82 valence electrons. The Labute approximate surface area is 97.2 Å². The molecule has 4 nitrogen and oxygen atoms in total. The Kier molecular flexibility index (Phi) is 3.84. The lowest BCUT2D eigenvalue weighted by atomic mass is 10.4. The van der Waals surface area contributed by atoms with Crippen molar-refractivity contribution in [1.82, 2.24) is 9.55 Å². The van der Waals surface area contributed by atoms with Crippen LogP contribution in [0.1, 0.15) is 5.82 Å². The van der Waals surface area contributed by atoms with Crippen LogP contribution in [0.4, 0.5) is 0 Å². The molecule has 0 spiro atoms. The van der Waals surface area contributed by atoms with Crippen molar-refractivity contribution < 1.29 is 0 Å². The number of nitrogens with two attached hydrogens (primary N) is 1. The number of aryl methyl sites for hydroxylation is 1. The summed E-state index contributed by atoms with van der Waals surface area (Å²) in [5, 5.41) is 2.57. The van der Waals surface area contributed by atoms with Gasteiger partial charge in [-0.3, -0.25) is 9.36 Å². The quantitative estimate of drug-likeness (QED) is 0.863. The highest BCUT2D eigenvalue weighted by Crippen LogP contribution is 2.14. The molecule has 6 heteroatoms. The number of hydrogen-bond donors (Lipinski definition) is 1. The Hall–Kier alpha value is -0.910. The fourth-order valence-electron chi connectivity index (χ4n) is 1.44. The van der Waals surface area contributed by atoms with E-state index >= 15 is 0 Å². The third-order valence-electron chi connectivity index (χ3n) is 2.13. The number of halogens is 1. The molecule has 0 aliphatic heterocycles. The van der Waals surface area contributed by atoms with Gasteiger partial charge in [0.1, 0.15) is 10.7 Å². The van der Waals surface area contributed by atoms with Gasteiger partial charge >= 0.3 is 0 Å². The third-order valence-corrected chi connectivity index (χ3v) is 2.93. The van der Waals surface area contributed by atoms with Gasteiger partial charge in [0.2, 0.25) is 0 Å². The van der Waals surface area contributed by atoms with E-state index in [4.69, 9.17) is 5.73 Å². The summed E-state index contributed by atoms with van der Waals surface area (Å²) in [7, 11) is 0. The number of fused-ring (bicyclic) bond motifs is 1. The monoisotopic (exact) mass is 245 g/mol. The molecule has 2 heterocycles. The van der Waals surface area contributed by atoms with Crippen LogP contribution in [-0.2, 0) is 6.54 Å². The summed E-state index contributed by atoms with van der Waals surface area (Å²) in [6.45, 7) is 2.82. The van der Waals surface area contributed by atoms with Crippen LogP contribution in [0, 0.1) is 6.92 Å². The van der Waals surface area contributed by atoms with Crippen molar-refractivity contribution in [2.45, 2.75) is 13.5 Å². The van der Waals surface area contributed by atoms with Crippen LogP contribution >= 0.6 is 23.7 Å². The first kappa shape index (κ1) is 12.2. The van der Waals surface area contributed by atoms with Gasteiger partial charge in [0.05, 0.1) is 5.39 Å².